The average molecular weight is 750 g/mol. The fourth-order valence-corrected chi connectivity index (χ4v) is 6.45. The van der Waals surface area contributed by atoms with Crippen molar-refractivity contribution in [2.45, 2.75) is 51.0 Å². The van der Waals surface area contributed by atoms with Crippen molar-refractivity contribution >= 4 is 84.2 Å². The summed E-state index contributed by atoms with van der Waals surface area (Å²) in [6.45, 7) is 1.49. The summed E-state index contributed by atoms with van der Waals surface area (Å²) in [6.07, 6.45) is 6.12. The molecule has 178 valence electrons. The molecule has 0 bridgehead atoms. The van der Waals surface area contributed by atoms with Gasteiger partial charge in [-0.2, -0.15) is 9.78 Å². The first-order valence-corrected chi connectivity index (χ1v) is 13.8. The summed E-state index contributed by atoms with van der Waals surface area (Å²) in [5.41, 5.74) is 1.26. The van der Waals surface area contributed by atoms with Gasteiger partial charge in [0.2, 0.25) is 0 Å². The van der Waals surface area contributed by atoms with Crippen LogP contribution in [0.4, 0.5) is 0 Å². The third kappa shape index (κ3) is 5.64. The van der Waals surface area contributed by atoms with Crippen LogP contribution < -0.4 is 10.3 Å². The van der Waals surface area contributed by atoms with Gasteiger partial charge in [0.15, 0.2) is 6.10 Å². The average Bonchev–Trinajstić information content (AvgIpc) is 2.81. The van der Waals surface area contributed by atoms with Crippen LogP contribution in [0, 0.1) is 7.14 Å². The molecule has 0 saturated heterocycles. The number of benzene rings is 2. The van der Waals surface area contributed by atoms with Gasteiger partial charge in [-0.05, 0) is 101 Å². The van der Waals surface area contributed by atoms with Gasteiger partial charge >= 0.3 is 5.97 Å². The van der Waals surface area contributed by atoms with Crippen LogP contribution in [0.5, 0.6) is 5.75 Å². The number of hydrogen-bond donors (Lipinski definition) is 1. The monoisotopic (exact) mass is 749 g/mol. The van der Waals surface area contributed by atoms with Crippen LogP contribution >= 0.6 is 61.1 Å². The van der Waals surface area contributed by atoms with Crippen molar-refractivity contribution in [3.63, 3.8) is 0 Å². The normalized spacial score (nSPS) is 15.6. The molecule has 3 aromatic rings. The Labute approximate surface area is 232 Å². The molecule has 1 atom stereocenters. The standard InChI is InChI=1S/C24H22BrI2N3O4/c1-13(24(32)33)34-21-18(26)9-14(10-19(21)27)12-28-30-22(15-5-3-2-4-6-15)29-20-8-7-16(25)11-17(20)23(30)31/h7-13,15H,2-6H2,1H3,(H,32,33)/t13-/m0/s1. The molecule has 2 aromatic carbocycles. The third-order valence-corrected chi connectivity index (χ3v) is 7.88. The SMILES string of the molecule is C[C@H](Oc1c(I)cc(C=Nn2c(C3CCCCC3)nc3ccc(Br)cc3c2=O)cc1I)C(=O)O. The van der Waals surface area contributed by atoms with E-state index in [-0.39, 0.29) is 11.5 Å². The van der Waals surface area contributed by atoms with E-state index in [0.717, 1.165) is 42.9 Å². The molecule has 0 unspecified atom stereocenters. The fourth-order valence-electron chi connectivity index (χ4n) is 4.02. The van der Waals surface area contributed by atoms with E-state index in [1.165, 1.54) is 18.0 Å². The molecule has 0 amide bonds. The molecule has 0 aliphatic heterocycles. The third-order valence-electron chi connectivity index (χ3n) is 5.79. The Morgan fingerprint density at radius 1 is 1.24 bits per heavy atom. The Hall–Kier alpha value is -1.54. The molecule has 1 aliphatic rings. The summed E-state index contributed by atoms with van der Waals surface area (Å²) in [5.74, 6) is 0.392. The van der Waals surface area contributed by atoms with Gasteiger partial charge in [0.05, 0.1) is 24.3 Å². The zero-order valence-corrected chi connectivity index (χ0v) is 24.2. The van der Waals surface area contributed by atoms with Crippen molar-refractivity contribution in [3.05, 3.63) is 63.7 Å². The van der Waals surface area contributed by atoms with Gasteiger partial charge in [-0.15, -0.1) is 0 Å². The van der Waals surface area contributed by atoms with Crippen molar-refractivity contribution < 1.29 is 14.6 Å². The van der Waals surface area contributed by atoms with Gasteiger partial charge in [-0.1, -0.05) is 35.2 Å². The van der Waals surface area contributed by atoms with Crippen LogP contribution in [-0.4, -0.2) is 33.1 Å². The molecule has 1 N–H and O–H groups in total. The number of halogens is 3. The van der Waals surface area contributed by atoms with Crippen molar-refractivity contribution in [1.82, 2.24) is 9.66 Å². The minimum Gasteiger partial charge on any atom is -0.479 e. The molecule has 1 saturated carbocycles. The van der Waals surface area contributed by atoms with Gasteiger partial charge in [-0.25, -0.2) is 9.78 Å². The largest absolute Gasteiger partial charge is 0.479 e. The maximum absolute atomic E-state index is 13.4. The molecule has 10 heteroatoms. The Morgan fingerprint density at radius 2 is 1.91 bits per heavy atom. The number of aliphatic carboxylic acids is 1. The molecule has 1 heterocycles. The van der Waals surface area contributed by atoms with E-state index in [9.17, 15) is 9.59 Å². The number of carbonyl (C=O) groups is 1. The van der Waals surface area contributed by atoms with E-state index in [1.54, 1.807) is 12.3 Å². The Kier molecular flexibility index (Phi) is 8.28. The lowest BCUT2D eigenvalue weighted by Gasteiger charge is -2.22. The van der Waals surface area contributed by atoms with Gasteiger partial charge in [0, 0.05) is 10.4 Å². The fraction of sp³-hybridized carbons (Fsp3) is 0.333. The van der Waals surface area contributed by atoms with E-state index < -0.39 is 12.1 Å². The highest BCUT2D eigenvalue weighted by molar-refractivity contribution is 14.1. The number of carboxylic acid groups (broad SMARTS) is 1. The molecule has 1 aromatic heterocycles. The highest BCUT2D eigenvalue weighted by Crippen LogP contribution is 2.32. The highest BCUT2D eigenvalue weighted by atomic mass is 127. The lowest BCUT2D eigenvalue weighted by molar-refractivity contribution is -0.144. The number of nitrogens with zero attached hydrogens (tertiary/aromatic N) is 3. The minimum atomic E-state index is -1.03. The van der Waals surface area contributed by atoms with E-state index in [0.29, 0.717) is 22.5 Å². The summed E-state index contributed by atoms with van der Waals surface area (Å²) in [5, 5.41) is 14.3. The highest BCUT2D eigenvalue weighted by Gasteiger charge is 2.23. The van der Waals surface area contributed by atoms with Gasteiger partial charge < -0.3 is 9.84 Å². The second kappa shape index (κ2) is 11.0. The van der Waals surface area contributed by atoms with Crippen molar-refractivity contribution in [2.24, 2.45) is 5.10 Å². The molecule has 1 fully saturated rings. The summed E-state index contributed by atoms with van der Waals surface area (Å²) in [4.78, 5) is 29.5. The number of fused-ring (bicyclic) bond motifs is 1. The van der Waals surface area contributed by atoms with Crippen molar-refractivity contribution in [3.8, 4) is 5.75 Å². The van der Waals surface area contributed by atoms with Crippen LogP contribution in [-0.2, 0) is 4.79 Å². The molecular weight excluding hydrogens is 728 g/mol. The topological polar surface area (TPSA) is 93.8 Å². The first-order chi connectivity index (χ1) is 16.2. The summed E-state index contributed by atoms with van der Waals surface area (Å²) in [6, 6.07) is 9.25. The van der Waals surface area contributed by atoms with Crippen molar-refractivity contribution in [2.75, 3.05) is 0 Å². The lowest BCUT2D eigenvalue weighted by Crippen LogP contribution is -2.25. The van der Waals surface area contributed by atoms with Crippen LogP contribution in [0.3, 0.4) is 0 Å². The van der Waals surface area contributed by atoms with Gasteiger partial charge in [0.25, 0.3) is 5.56 Å². The molecule has 34 heavy (non-hydrogen) atoms. The van der Waals surface area contributed by atoms with E-state index in [1.807, 2.05) is 24.3 Å². The number of aromatic nitrogens is 2. The number of carboxylic acids is 1. The maximum Gasteiger partial charge on any atom is 0.344 e. The predicted octanol–water partition coefficient (Wildman–Crippen LogP) is 6.15. The maximum atomic E-state index is 13.4. The van der Waals surface area contributed by atoms with E-state index in [4.69, 9.17) is 14.8 Å². The smallest absolute Gasteiger partial charge is 0.344 e. The first kappa shape index (κ1) is 25.5. The number of rotatable bonds is 6. The van der Waals surface area contributed by atoms with E-state index in [2.05, 4.69) is 66.2 Å². The summed E-state index contributed by atoms with van der Waals surface area (Å²) < 4.78 is 9.39. The number of hydrogen-bond acceptors (Lipinski definition) is 5. The lowest BCUT2D eigenvalue weighted by atomic mass is 9.88. The number of ether oxygens (including phenoxy) is 1. The quantitative estimate of drug-likeness (QED) is 0.241. The zero-order chi connectivity index (χ0) is 24.4. The second-order valence-corrected chi connectivity index (χ2v) is 11.5. The Bertz CT molecular complexity index is 1310. The first-order valence-electron chi connectivity index (χ1n) is 10.9. The minimum absolute atomic E-state index is 0.192. The molecule has 7 nitrogen and oxygen atoms in total. The summed E-state index contributed by atoms with van der Waals surface area (Å²) in [7, 11) is 0. The Balaban J connectivity index is 1.76. The van der Waals surface area contributed by atoms with E-state index >= 15 is 0 Å². The van der Waals surface area contributed by atoms with Crippen molar-refractivity contribution in [1.29, 1.82) is 0 Å². The zero-order valence-electron chi connectivity index (χ0n) is 18.3. The van der Waals surface area contributed by atoms with Gasteiger partial charge in [0.1, 0.15) is 11.6 Å². The van der Waals surface area contributed by atoms with Gasteiger partial charge in [-0.3, -0.25) is 4.79 Å². The predicted molar refractivity (Wildman–Crippen MR) is 152 cm³/mol. The second-order valence-electron chi connectivity index (χ2n) is 8.24. The molecule has 1 aliphatic carbocycles. The Morgan fingerprint density at radius 3 is 2.56 bits per heavy atom. The summed E-state index contributed by atoms with van der Waals surface area (Å²) >= 11 is 7.68. The van der Waals surface area contributed by atoms with Crippen LogP contribution in [0.15, 0.2) is 44.7 Å². The molecular formula is C24H22BrI2N3O4. The van der Waals surface area contributed by atoms with Crippen LogP contribution in [0.1, 0.15) is 56.3 Å². The molecule has 0 spiro atoms. The van der Waals surface area contributed by atoms with Crippen LogP contribution in [0.25, 0.3) is 10.9 Å². The molecule has 4 rings (SSSR count). The van der Waals surface area contributed by atoms with Crippen LogP contribution in [0.2, 0.25) is 0 Å². The molecule has 0 radical (unpaired) electrons.